The van der Waals surface area contributed by atoms with Crippen molar-refractivity contribution < 1.29 is 4.57 Å². The van der Waals surface area contributed by atoms with Crippen LogP contribution in [0.4, 0.5) is 0 Å². The summed E-state index contributed by atoms with van der Waals surface area (Å²) in [7, 11) is 2.04. The monoisotopic (exact) mass is 267 g/mol. The zero-order valence-corrected chi connectivity index (χ0v) is 12.8. The van der Waals surface area contributed by atoms with Crippen molar-refractivity contribution in [2.75, 3.05) is 0 Å². The van der Waals surface area contributed by atoms with Crippen LogP contribution in [-0.4, -0.2) is 6.21 Å². The minimum Gasteiger partial charge on any atom is -0.281 e. The van der Waals surface area contributed by atoms with Gasteiger partial charge in [-0.2, -0.15) is 0 Å². The fraction of sp³-hybridized carbons (Fsp3) is 0.333. The van der Waals surface area contributed by atoms with E-state index in [2.05, 4.69) is 60.7 Å². The average molecular weight is 267 g/mol. The van der Waals surface area contributed by atoms with E-state index in [1.165, 1.54) is 11.3 Å². The molecule has 0 bridgehead atoms. The van der Waals surface area contributed by atoms with Gasteiger partial charge in [0.25, 0.3) is 0 Å². The Bertz CT molecular complexity index is 590. The Morgan fingerprint density at radius 2 is 1.75 bits per heavy atom. The second-order valence-electron chi connectivity index (χ2n) is 6.14. The average Bonchev–Trinajstić information content (AvgIpc) is 2.40. The van der Waals surface area contributed by atoms with Crippen LogP contribution in [0.3, 0.4) is 0 Å². The van der Waals surface area contributed by atoms with Gasteiger partial charge in [0.1, 0.15) is 13.6 Å². The predicted molar refractivity (Wildman–Crippen MR) is 84.1 cm³/mol. The van der Waals surface area contributed by atoms with Gasteiger partial charge in [-0.05, 0) is 16.5 Å². The second kappa shape index (κ2) is 6.00. The number of aromatic nitrogens is 1. The number of hydrogen-bond donors (Lipinski definition) is 0. The van der Waals surface area contributed by atoms with Crippen molar-refractivity contribution in [2.45, 2.75) is 32.7 Å². The van der Waals surface area contributed by atoms with Crippen molar-refractivity contribution in [3.05, 3.63) is 65.5 Å². The highest BCUT2D eigenvalue weighted by molar-refractivity contribution is 5.79. The van der Waals surface area contributed by atoms with Gasteiger partial charge in [-0.15, -0.1) is 0 Å². The Morgan fingerprint density at radius 3 is 2.35 bits per heavy atom. The SMILES string of the molecule is C[n+]1ccccc1C/N=C/c1ccc(C(C)(C)C)cc1. The van der Waals surface area contributed by atoms with Crippen molar-refractivity contribution in [2.24, 2.45) is 12.0 Å². The number of benzene rings is 1. The lowest BCUT2D eigenvalue weighted by atomic mass is 9.87. The minimum atomic E-state index is 0.202. The van der Waals surface area contributed by atoms with Crippen LogP contribution in [0.5, 0.6) is 0 Å². The first kappa shape index (κ1) is 14.4. The molecule has 0 spiro atoms. The molecule has 0 radical (unpaired) electrons. The molecule has 0 aliphatic rings. The van der Waals surface area contributed by atoms with Crippen molar-refractivity contribution >= 4 is 6.21 Å². The summed E-state index contributed by atoms with van der Waals surface area (Å²) in [5, 5.41) is 0. The fourth-order valence-corrected chi connectivity index (χ4v) is 2.04. The first-order valence-electron chi connectivity index (χ1n) is 7.01. The van der Waals surface area contributed by atoms with E-state index in [4.69, 9.17) is 0 Å². The number of aliphatic imine (C=N–C) groups is 1. The van der Waals surface area contributed by atoms with Gasteiger partial charge >= 0.3 is 0 Å². The van der Waals surface area contributed by atoms with Crippen molar-refractivity contribution in [1.82, 2.24) is 0 Å². The Kier molecular flexibility index (Phi) is 4.33. The van der Waals surface area contributed by atoms with Gasteiger partial charge in [0.15, 0.2) is 6.20 Å². The molecule has 2 rings (SSSR count). The molecule has 0 atom stereocenters. The summed E-state index contributed by atoms with van der Waals surface area (Å²) < 4.78 is 2.10. The molecule has 2 aromatic rings. The van der Waals surface area contributed by atoms with Gasteiger partial charge in [0.05, 0.1) is 0 Å². The summed E-state index contributed by atoms with van der Waals surface area (Å²) in [6.07, 6.45) is 3.99. The molecule has 0 unspecified atom stereocenters. The van der Waals surface area contributed by atoms with Gasteiger partial charge in [-0.3, -0.25) is 4.99 Å². The molecule has 0 amide bonds. The minimum absolute atomic E-state index is 0.202. The molecule has 0 fully saturated rings. The molecular formula is C18H23N2+. The van der Waals surface area contributed by atoms with Crippen LogP contribution in [0.1, 0.15) is 37.6 Å². The highest BCUT2D eigenvalue weighted by atomic mass is 14.9. The van der Waals surface area contributed by atoms with E-state index in [-0.39, 0.29) is 5.41 Å². The maximum atomic E-state index is 4.52. The van der Waals surface area contributed by atoms with Crippen LogP contribution in [0.2, 0.25) is 0 Å². The molecule has 1 aromatic carbocycles. The molecule has 0 aliphatic carbocycles. The molecule has 0 N–H and O–H groups in total. The third-order valence-electron chi connectivity index (χ3n) is 3.43. The Labute approximate surface area is 121 Å². The smallest absolute Gasteiger partial charge is 0.202 e. The van der Waals surface area contributed by atoms with E-state index in [1.807, 2.05) is 31.6 Å². The van der Waals surface area contributed by atoms with E-state index >= 15 is 0 Å². The first-order chi connectivity index (χ1) is 9.47. The van der Waals surface area contributed by atoms with Crippen molar-refractivity contribution in [1.29, 1.82) is 0 Å². The summed E-state index contributed by atoms with van der Waals surface area (Å²) in [6.45, 7) is 7.39. The van der Waals surface area contributed by atoms with Gasteiger partial charge in [-0.1, -0.05) is 51.1 Å². The highest BCUT2D eigenvalue weighted by Gasteiger charge is 2.12. The summed E-state index contributed by atoms with van der Waals surface area (Å²) in [5.41, 5.74) is 3.91. The van der Waals surface area contributed by atoms with E-state index < -0.39 is 0 Å². The van der Waals surface area contributed by atoms with Crippen molar-refractivity contribution in [3.63, 3.8) is 0 Å². The summed E-state index contributed by atoms with van der Waals surface area (Å²) >= 11 is 0. The number of aryl methyl sites for hydroxylation is 1. The zero-order chi connectivity index (χ0) is 14.6. The number of rotatable bonds is 3. The first-order valence-corrected chi connectivity index (χ1v) is 7.01. The van der Waals surface area contributed by atoms with Gasteiger partial charge in [-0.25, -0.2) is 4.57 Å². The molecular weight excluding hydrogens is 244 g/mol. The molecule has 0 saturated carbocycles. The molecule has 104 valence electrons. The summed E-state index contributed by atoms with van der Waals surface area (Å²) in [5.74, 6) is 0. The number of nitrogens with zero attached hydrogens (tertiary/aromatic N) is 2. The Balaban J connectivity index is 2.04. The maximum Gasteiger partial charge on any atom is 0.202 e. The van der Waals surface area contributed by atoms with E-state index in [0.717, 1.165) is 5.56 Å². The van der Waals surface area contributed by atoms with Crippen LogP contribution < -0.4 is 4.57 Å². The van der Waals surface area contributed by atoms with Crippen LogP contribution in [0, 0.1) is 0 Å². The third-order valence-corrected chi connectivity index (χ3v) is 3.43. The molecule has 2 heteroatoms. The number of pyridine rings is 1. The van der Waals surface area contributed by atoms with Gasteiger partial charge in [0, 0.05) is 18.3 Å². The molecule has 1 aromatic heterocycles. The molecule has 1 heterocycles. The van der Waals surface area contributed by atoms with E-state index in [1.54, 1.807) is 0 Å². The summed E-state index contributed by atoms with van der Waals surface area (Å²) in [4.78, 5) is 4.52. The topological polar surface area (TPSA) is 16.2 Å². The molecule has 2 nitrogen and oxygen atoms in total. The normalized spacial score (nSPS) is 12.0. The lowest BCUT2D eigenvalue weighted by molar-refractivity contribution is -0.679. The quantitative estimate of drug-likeness (QED) is 0.598. The van der Waals surface area contributed by atoms with Gasteiger partial charge in [0.2, 0.25) is 5.69 Å². The summed E-state index contributed by atoms with van der Waals surface area (Å²) in [6, 6.07) is 14.8. The van der Waals surface area contributed by atoms with Crippen molar-refractivity contribution in [3.8, 4) is 0 Å². The second-order valence-corrected chi connectivity index (χ2v) is 6.14. The van der Waals surface area contributed by atoms with Gasteiger partial charge < -0.3 is 0 Å². The van der Waals surface area contributed by atoms with Crippen LogP contribution >= 0.6 is 0 Å². The predicted octanol–water partition coefficient (Wildman–Crippen LogP) is 3.43. The standard InChI is InChI=1S/C18H23N2/c1-18(2,3)16-10-8-15(9-11-16)13-19-14-17-7-5-6-12-20(17)4/h5-13H,14H2,1-4H3/q+1/b19-13+. The molecule has 0 aliphatic heterocycles. The zero-order valence-electron chi connectivity index (χ0n) is 12.8. The highest BCUT2D eigenvalue weighted by Crippen LogP contribution is 2.21. The maximum absolute atomic E-state index is 4.52. The molecule has 0 saturated heterocycles. The lowest BCUT2D eigenvalue weighted by Gasteiger charge is -2.18. The third kappa shape index (κ3) is 3.77. The fourth-order valence-electron chi connectivity index (χ4n) is 2.04. The lowest BCUT2D eigenvalue weighted by Crippen LogP contribution is -2.32. The molecule has 20 heavy (non-hydrogen) atoms. The van der Waals surface area contributed by atoms with E-state index in [0.29, 0.717) is 6.54 Å². The van der Waals surface area contributed by atoms with Crippen LogP contribution in [0.25, 0.3) is 0 Å². The number of hydrogen-bond acceptors (Lipinski definition) is 1. The Hall–Kier alpha value is -1.96. The Morgan fingerprint density at radius 1 is 1.05 bits per heavy atom. The van der Waals surface area contributed by atoms with E-state index in [9.17, 15) is 0 Å². The largest absolute Gasteiger partial charge is 0.281 e. The van der Waals surface area contributed by atoms with Crippen LogP contribution in [0.15, 0.2) is 53.7 Å². The van der Waals surface area contributed by atoms with Crippen LogP contribution in [-0.2, 0) is 19.0 Å².